The first-order valence-corrected chi connectivity index (χ1v) is 25.2. The summed E-state index contributed by atoms with van der Waals surface area (Å²) in [4.78, 5) is 162. The molecule has 6 aromatic carbocycles. The Kier molecular flexibility index (Phi) is 22.0. The summed E-state index contributed by atoms with van der Waals surface area (Å²) >= 11 is 0. The number of benzene rings is 6. The van der Waals surface area contributed by atoms with E-state index in [-0.39, 0.29) is 51.7 Å². The largest absolute Gasteiger partial charge is 0.458 e. The highest BCUT2D eigenvalue weighted by Crippen LogP contribution is 2.31. The summed E-state index contributed by atoms with van der Waals surface area (Å²) in [6.07, 6.45) is -10.1. The standard InChI is InChI=1S/C61H52O23/c1-34(62)31-40-19-7-8-20-41(40)58(70)83-54(52(81-59(71)44-23-11-16-28-49(44)78-37(4)65)32-74-56(68)42-21-9-14-26-47(42)76-35(2)63)55(84-61(73)46-25-13-18-30-51(46)80-39(6)67)53(82-60(72)45-24-12-17-29-50(45)79-38(5)66)33-75-57(69)43-22-10-15-27-48(43)77-36(3)64/h7-30,52-55H,31-33H2,1-6H3. The highest BCUT2D eigenvalue weighted by atomic mass is 16.7. The van der Waals surface area contributed by atoms with Crippen LogP contribution in [-0.4, -0.2) is 109 Å². The number of carbonyl (C=O) groups excluding carboxylic acids is 12. The molecule has 0 fully saturated rings. The number of carbonyl (C=O) groups is 12. The SMILES string of the molecule is CC(=O)Cc1ccccc1C(=O)OC(C(COC(=O)c1ccccc1OC(C)=O)OC(=O)c1ccccc1OC(C)=O)C(OC(=O)c1ccccc1OC(C)=O)C(COC(=O)c1ccccc1OC(C)=O)OC(=O)c1ccccc1OC(C)=O. The summed E-state index contributed by atoms with van der Waals surface area (Å²) < 4.78 is 62.5. The molecule has 4 unspecified atom stereocenters. The Morgan fingerprint density at radius 3 is 0.821 bits per heavy atom. The third-order valence-corrected chi connectivity index (χ3v) is 11.3. The van der Waals surface area contributed by atoms with Crippen LogP contribution in [0.5, 0.6) is 28.7 Å². The smallest absolute Gasteiger partial charge is 0.342 e. The first kappa shape index (κ1) is 62.4. The molecule has 0 aromatic heterocycles. The van der Waals surface area contributed by atoms with Crippen LogP contribution in [0.4, 0.5) is 0 Å². The lowest BCUT2D eigenvalue weighted by Crippen LogP contribution is -2.55. The number of ether oxygens (including phenoxy) is 11. The molecule has 6 aromatic rings. The lowest BCUT2D eigenvalue weighted by atomic mass is 10.00. The fourth-order valence-corrected chi connectivity index (χ4v) is 7.89. The second kappa shape index (κ2) is 29.6. The third kappa shape index (κ3) is 17.6. The van der Waals surface area contributed by atoms with Crippen molar-refractivity contribution in [3.63, 3.8) is 0 Å². The van der Waals surface area contributed by atoms with Crippen LogP contribution in [0.1, 0.15) is 109 Å². The zero-order chi connectivity index (χ0) is 61.0. The molecule has 434 valence electrons. The van der Waals surface area contributed by atoms with E-state index in [1.807, 2.05) is 0 Å². The predicted molar refractivity (Wildman–Crippen MR) is 287 cm³/mol. The van der Waals surface area contributed by atoms with Crippen molar-refractivity contribution in [3.8, 4) is 28.7 Å². The zero-order valence-corrected chi connectivity index (χ0v) is 45.7. The van der Waals surface area contributed by atoms with Gasteiger partial charge in [-0.1, -0.05) is 78.9 Å². The fraction of sp³-hybridized carbons (Fsp3) is 0.213. The van der Waals surface area contributed by atoms with Crippen molar-refractivity contribution in [2.75, 3.05) is 13.2 Å². The zero-order valence-electron chi connectivity index (χ0n) is 45.7. The molecule has 6 rings (SSSR count). The quantitative estimate of drug-likeness (QED) is 0.0324. The van der Waals surface area contributed by atoms with Gasteiger partial charge in [0, 0.05) is 41.0 Å². The summed E-state index contributed by atoms with van der Waals surface area (Å²) in [5.74, 6) is -14.8. The molecule has 4 atom stereocenters. The van der Waals surface area contributed by atoms with Crippen molar-refractivity contribution in [1.29, 1.82) is 0 Å². The molecule has 0 spiro atoms. The molecule has 23 heteroatoms. The van der Waals surface area contributed by atoms with Crippen LogP contribution in [0.3, 0.4) is 0 Å². The van der Waals surface area contributed by atoms with E-state index in [9.17, 15) is 52.7 Å². The molecule has 23 nitrogen and oxygen atoms in total. The van der Waals surface area contributed by atoms with Gasteiger partial charge in [-0.2, -0.15) is 0 Å². The summed E-state index contributed by atoms with van der Waals surface area (Å²) in [7, 11) is 0. The van der Waals surface area contributed by atoms with Crippen molar-refractivity contribution in [3.05, 3.63) is 185 Å². The van der Waals surface area contributed by atoms with E-state index in [2.05, 4.69) is 0 Å². The van der Waals surface area contributed by atoms with Crippen molar-refractivity contribution < 1.29 is 110 Å². The Morgan fingerprint density at radius 2 is 0.536 bits per heavy atom. The molecule has 0 heterocycles. The van der Waals surface area contributed by atoms with Gasteiger partial charge in [0.15, 0.2) is 24.4 Å². The Bertz CT molecular complexity index is 3280. The second-order valence-corrected chi connectivity index (χ2v) is 17.8. The van der Waals surface area contributed by atoms with E-state index >= 15 is 4.79 Å². The van der Waals surface area contributed by atoms with E-state index in [0.29, 0.717) is 0 Å². The minimum atomic E-state index is -2.53. The summed E-state index contributed by atoms with van der Waals surface area (Å²) in [5.41, 5.74) is -2.50. The molecular weight excluding hydrogens is 1100 g/mol. The van der Waals surface area contributed by atoms with Crippen LogP contribution in [0, 0.1) is 0 Å². The Morgan fingerprint density at radius 1 is 0.298 bits per heavy atom. The van der Waals surface area contributed by atoms with E-state index in [4.69, 9.17) is 52.1 Å². The molecule has 0 bridgehead atoms. The number of rotatable bonds is 24. The molecule has 0 saturated heterocycles. The third-order valence-electron chi connectivity index (χ3n) is 11.3. The van der Waals surface area contributed by atoms with Gasteiger partial charge >= 0.3 is 65.7 Å². The van der Waals surface area contributed by atoms with E-state index in [1.54, 1.807) is 0 Å². The van der Waals surface area contributed by atoms with Gasteiger partial charge in [-0.05, 0) is 79.2 Å². The van der Waals surface area contributed by atoms with Gasteiger partial charge in [-0.3, -0.25) is 28.8 Å². The highest BCUT2D eigenvalue weighted by molar-refractivity contribution is 5.98. The van der Waals surface area contributed by atoms with Gasteiger partial charge in [0.25, 0.3) is 0 Å². The molecule has 0 aliphatic heterocycles. The lowest BCUT2D eigenvalue weighted by Gasteiger charge is -2.36. The lowest BCUT2D eigenvalue weighted by molar-refractivity contribution is -0.139. The van der Waals surface area contributed by atoms with Crippen LogP contribution in [-0.2, 0) is 63.6 Å². The average Bonchev–Trinajstić information content (AvgIpc) is 3.06. The van der Waals surface area contributed by atoms with Gasteiger partial charge in [0.1, 0.15) is 75.6 Å². The van der Waals surface area contributed by atoms with Gasteiger partial charge in [-0.25, -0.2) is 28.8 Å². The summed E-state index contributed by atoms with van der Waals surface area (Å²) in [6, 6.07) is 31.2. The molecule has 0 radical (unpaired) electrons. The Hall–Kier alpha value is -10.8. The second-order valence-electron chi connectivity index (χ2n) is 17.8. The van der Waals surface area contributed by atoms with Crippen LogP contribution in [0.15, 0.2) is 146 Å². The maximum absolute atomic E-state index is 15.1. The first-order valence-electron chi connectivity index (χ1n) is 25.2. The minimum absolute atomic E-state index is 0.0698. The number of hydrogen-bond donors (Lipinski definition) is 0. The molecule has 0 aliphatic carbocycles. The molecular formula is C61H52O23. The predicted octanol–water partition coefficient (Wildman–Crippen LogP) is 7.36. The van der Waals surface area contributed by atoms with Crippen molar-refractivity contribution in [2.24, 2.45) is 0 Å². The van der Waals surface area contributed by atoms with E-state index in [0.717, 1.165) is 52.8 Å². The number of hydrogen-bond acceptors (Lipinski definition) is 23. The summed E-state index contributed by atoms with van der Waals surface area (Å²) in [5, 5.41) is 0. The van der Waals surface area contributed by atoms with Crippen LogP contribution in [0.25, 0.3) is 0 Å². The van der Waals surface area contributed by atoms with E-state index < -0.39 is 132 Å². The number of para-hydroxylation sites is 5. The Balaban J connectivity index is 1.66. The molecule has 0 saturated carbocycles. The molecule has 0 aliphatic rings. The summed E-state index contributed by atoms with van der Waals surface area (Å²) in [6.45, 7) is 3.93. The minimum Gasteiger partial charge on any atom is -0.458 e. The molecule has 84 heavy (non-hydrogen) atoms. The highest BCUT2D eigenvalue weighted by Gasteiger charge is 2.47. The van der Waals surface area contributed by atoms with Crippen molar-refractivity contribution in [1.82, 2.24) is 0 Å². The van der Waals surface area contributed by atoms with Gasteiger partial charge < -0.3 is 52.1 Å². The van der Waals surface area contributed by atoms with Crippen LogP contribution in [0.2, 0.25) is 0 Å². The van der Waals surface area contributed by atoms with Gasteiger partial charge in [0.05, 0.1) is 5.56 Å². The van der Waals surface area contributed by atoms with E-state index in [1.165, 1.54) is 134 Å². The van der Waals surface area contributed by atoms with Gasteiger partial charge in [0.2, 0.25) is 0 Å². The van der Waals surface area contributed by atoms with Gasteiger partial charge in [-0.15, -0.1) is 0 Å². The van der Waals surface area contributed by atoms with Crippen molar-refractivity contribution in [2.45, 2.75) is 72.4 Å². The fourth-order valence-electron chi connectivity index (χ4n) is 7.89. The first-order chi connectivity index (χ1) is 40.1. The van der Waals surface area contributed by atoms with Crippen LogP contribution < -0.4 is 23.7 Å². The maximum atomic E-state index is 15.1. The molecule has 0 N–H and O–H groups in total. The average molecular weight is 1150 g/mol. The number of Topliss-reactive ketones (excluding diaryl/α,β-unsaturated/α-hetero) is 1. The number of esters is 11. The van der Waals surface area contributed by atoms with Crippen molar-refractivity contribution >= 4 is 71.4 Å². The Labute approximate surface area is 478 Å². The molecule has 0 amide bonds. The monoisotopic (exact) mass is 1150 g/mol. The van der Waals surface area contributed by atoms with Crippen LogP contribution >= 0.6 is 0 Å². The number of ketones is 1. The normalized spacial score (nSPS) is 12.0. The maximum Gasteiger partial charge on any atom is 0.342 e. The topological polar surface area (TPSA) is 306 Å².